The Bertz CT molecular complexity index is 2680. The minimum atomic E-state index is -1.82. The van der Waals surface area contributed by atoms with Crippen LogP contribution in [-0.4, -0.2) is 188 Å². The average molecular weight is 1180 g/mol. The average Bonchev–Trinajstić information content (AvgIpc) is 3.57. The number of nitrogens with zero attached hydrogens (tertiary/aromatic N) is 1. The molecule has 0 spiro atoms. The molecule has 1 saturated heterocycles. The van der Waals surface area contributed by atoms with Crippen molar-refractivity contribution in [2.75, 3.05) is 19.7 Å². The van der Waals surface area contributed by atoms with Gasteiger partial charge in [0.05, 0.1) is 31.7 Å². The molecular formula is C54H79N13O17. The Morgan fingerprint density at radius 2 is 1.17 bits per heavy atom. The van der Waals surface area contributed by atoms with Crippen molar-refractivity contribution >= 4 is 76.9 Å². The molecule has 1 heterocycles. The van der Waals surface area contributed by atoms with Crippen LogP contribution >= 0.6 is 0 Å². The Hall–Kier alpha value is -8.77. The van der Waals surface area contributed by atoms with Crippen LogP contribution in [0.4, 0.5) is 0 Å². The predicted octanol–water partition coefficient (Wildman–Crippen LogP) is -5.58. The van der Waals surface area contributed by atoms with Crippen LogP contribution < -0.4 is 65.1 Å². The first-order chi connectivity index (χ1) is 39.4. The molecule has 1 fully saturated rings. The number of carboxylic acids is 1. The Morgan fingerprint density at radius 1 is 0.607 bits per heavy atom. The van der Waals surface area contributed by atoms with Crippen LogP contribution in [0.5, 0.6) is 5.75 Å². The molecule has 3 rings (SSSR count). The van der Waals surface area contributed by atoms with E-state index in [0.717, 1.165) is 6.92 Å². The summed E-state index contributed by atoms with van der Waals surface area (Å²) >= 11 is 0. The van der Waals surface area contributed by atoms with E-state index in [1.165, 1.54) is 37.8 Å². The highest BCUT2D eigenvalue weighted by atomic mass is 16.4. The van der Waals surface area contributed by atoms with Gasteiger partial charge in [0.15, 0.2) is 0 Å². The zero-order valence-electron chi connectivity index (χ0n) is 47.5. The van der Waals surface area contributed by atoms with E-state index in [-0.39, 0.29) is 31.6 Å². The van der Waals surface area contributed by atoms with Gasteiger partial charge in [0.1, 0.15) is 60.1 Å². The number of hydrogen-bond acceptors (Lipinski definition) is 17. The second kappa shape index (κ2) is 33.4. The number of likely N-dealkylation sites (tertiary alicyclic amines) is 1. The standard InChI is InChI=1S/C54H79N13O17/c1-26(2)42(52(82)58-24-40(72)60-37(25-68)50(80)61-34(18-19-41(73)74)48(78)59-28(5)46(76)62-35(45(57)75)22-30-11-8-7-9-12-30)64-49(79)36(23-39(56)71)63-53(83)44(29(6)69)66-51(81)38-13-10-20-67(38)54(84)43(27(3)4)65-47(77)33(55)21-31-14-16-32(70)17-15-31/h7-9,11-12,14-17,26-29,33-38,42-44,68-70H,10,13,18-25,55H2,1-6H3,(H2,56,71)(H2,57,75)(H,58,82)(H,59,78)(H,60,72)(H,61,80)(H,62,76)(H,63,83)(H,64,79)(H,65,77)(H,66,81)(H,73,74)/t28-,29+,33-,34-,35-,36-,37-,38-,42-,43-,44-/m0/s1. The number of aliphatic hydroxyl groups excluding tert-OH is 2. The Morgan fingerprint density at radius 3 is 1.73 bits per heavy atom. The van der Waals surface area contributed by atoms with Gasteiger partial charge >= 0.3 is 5.97 Å². The molecule has 30 heteroatoms. The van der Waals surface area contributed by atoms with Gasteiger partial charge in [0.2, 0.25) is 70.9 Å². The van der Waals surface area contributed by atoms with Crippen molar-refractivity contribution in [1.29, 1.82) is 0 Å². The molecule has 12 amide bonds. The van der Waals surface area contributed by atoms with Crippen molar-refractivity contribution in [1.82, 2.24) is 52.8 Å². The summed E-state index contributed by atoms with van der Waals surface area (Å²) in [5, 5.41) is 60.8. The summed E-state index contributed by atoms with van der Waals surface area (Å²) in [7, 11) is 0. The number of aliphatic hydroxyl groups is 2. The number of amides is 12. The van der Waals surface area contributed by atoms with E-state index in [1.807, 2.05) is 0 Å². The van der Waals surface area contributed by atoms with Gasteiger partial charge in [-0.15, -0.1) is 0 Å². The predicted molar refractivity (Wildman–Crippen MR) is 297 cm³/mol. The second-order valence-electron chi connectivity index (χ2n) is 21.0. The van der Waals surface area contributed by atoms with Crippen LogP contribution in [0.1, 0.15) is 84.8 Å². The molecule has 1 aliphatic rings. The molecule has 2 aromatic carbocycles. The zero-order valence-corrected chi connectivity index (χ0v) is 47.5. The third-order valence-electron chi connectivity index (χ3n) is 13.4. The minimum absolute atomic E-state index is 0.0208. The topological polar surface area (TPSA) is 492 Å². The van der Waals surface area contributed by atoms with Gasteiger partial charge in [-0.05, 0) is 74.6 Å². The lowest BCUT2D eigenvalue weighted by molar-refractivity contribution is -0.143. The highest BCUT2D eigenvalue weighted by Crippen LogP contribution is 2.22. The molecule has 462 valence electrons. The normalized spacial score (nSPS) is 16.5. The van der Waals surface area contributed by atoms with E-state index >= 15 is 0 Å². The number of phenols is 1. The summed E-state index contributed by atoms with van der Waals surface area (Å²) in [6.07, 6.45) is -3.12. The number of aromatic hydroxyl groups is 1. The molecule has 11 atom stereocenters. The third-order valence-corrected chi connectivity index (χ3v) is 13.4. The molecule has 0 aliphatic carbocycles. The van der Waals surface area contributed by atoms with E-state index < -0.39 is 188 Å². The van der Waals surface area contributed by atoms with Gasteiger partial charge in [-0.1, -0.05) is 70.2 Å². The molecule has 0 radical (unpaired) electrons. The summed E-state index contributed by atoms with van der Waals surface area (Å²) in [5.74, 6) is -14.2. The number of primary amides is 2. The second-order valence-corrected chi connectivity index (χ2v) is 21.0. The minimum Gasteiger partial charge on any atom is -0.508 e. The van der Waals surface area contributed by atoms with Crippen molar-refractivity contribution in [3.8, 4) is 5.75 Å². The van der Waals surface area contributed by atoms with Crippen molar-refractivity contribution in [2.24, 2.45) is 29.0 Å². The summed E-state index contributed by atoms with van der Waals surface area (Å²) in [6.45, 7) is 6.81. The molecule has 0 unspecified atom stereocenters. The van der Waals surface area contributed by atoms with Crippen LogP contribution in [0.2, 0.25) is 0 Å². The van der Waals surface area contributed by atoms with Crippen molar-refractivity contribution in [3.63, 3.8) is 0 Å². The smallest absolute Gasteiger partial charge is 0.303 e. The number of rotatable bonds is 33. The van der Waals surface area contributed by atoms with Gasteiger partial charge in [0, 0.05) is 19.4 Å². The van der Waals surface area contributed by atoms with Crippen LogP contribution in [0.25, 0.3) is 0 Å². The monoisotopic (exact) mass is 1180 g/mol. The van der Waals surface area contributed by atoms with Crippen molar-refractivity contribution in [3.05, 3.63) is 65.7 Å². The van der Waals surface area contributed by atoms with Crippen LogP contribution in [0.15, 0.2) is 54.6 Å². The van der Waals surface area contributed by atoms with Crippen LogP contribution in [-0.2, 0) is 75.2 Å². The SMILES string of the molecule is CC(C)[C@H](NC(=O)[C@H](CC(N)=O)NC(=O)[C@@H](NC(=O)[C@@H]1CCCN1C(=O)[C@@H](NC(=O)[C@@H](N)Cc1ccc(O)cc1)C(C)C)[C@@H](C)O)C(=O)NCC(=O)N[C@@H](CO)C(=O)N[C@@H](CCC(=O)O)C(=O)N[C@@H](C)C(=O)N[C@@H](Cc1ccccc1)C(N)=O. The van der Waals surface area contributed by atoms with Crippen LogP contribution in [0.3, 0.4) is 0 Å². The largest absolute Gasteiger partial charge is 0.508 e. The maximum absolute atomic E-state index is 14.0. The van der Waals surface area contributed by atoms with Gasteiger partial charge < -0.3 is 90.4 Å². The molecule has 19 N–H and O–H groups in total. The molecule has 84 heavy (non-hydrogen) atoms. The summed E-state index contributed by atoms with van der Waals surface area (Å²) in [4.78, 5) is 172. The number of phenolic OH excluding ortho intramolecular Hbond substituents is 1. The molecule has 0 aromatic heterocycles. The molecule has 0 saturated carbocycles. The fourth-order valence-corrected chi connectivity index (χ4v) is 8.62. The maximum atomic E-state index is 14.0. The number of benzene rings is 2. The molecule has 1 aliphatic heterocycles. The van der Waals surface area contributed by atoms with Gasteiger partial charge in [-0.3, -0.25) is 62.3 Å². The van der Waals surface area contributed by atoms with Gasteiger partial charge in [0.25, 0.3) is 0 Å². The first-order valence-electron chi connectivity index (χ1n) is 27.1. The fourth-order valence-electron chi connectivity index (χ4n) is 8.62. The number of nitrogens with two attached hydrogens (primary N) is 3. The van der Waals surface area contributed by atoms with Gasteiger partial charge in [-0.25, -0.2) is 0 Å². The Kier molecular flexibility index (Phi) is 27.6. The molecule has 30 nitrogen and oxygen atoms in total. The quantitative estimate of drug-likeness (QED) is 0.0317. The highest BCUT2D eigenvalue weighted by Gasteiger charge is 2.42. The summed E-state index contributed by atoms with van der Waals surface area (Å²) in [6, 6.07) is 0.107. The van der Waals surface area contributed by atoms with Crippen LogP contribution in [0, 0.1) is 11.8 Å². The van der Waals surface area contributed by atoms with E-state index in [1.54, 1.807) is 56.3 Å². The number of carbonyl (C=O) groups is 13. The lowest BCUT2D eigenvalue weighted by Gasteiger charge is -2.32. The lowest BCUT2D eigenvalue weighted by atomic mass is 10.00. The zero-order chi connectivity index (χ0) is 63.1. The first kappa shape index (κ1) is 69.5. The fraction of sp³-hybridized carbons (Fsp3) is 0.537. The molecule has 0 bridgehead atoms. The third kappa shape index (κ3) is 22.2. The Balaban J connectivity index is 1.64. The number of nitrogens with one attached hydrogen (secondary N) is 9. The lowest BCUT2D eigenvalue weighted by Crippen LogP contribution is -2.62. The summed E-state index contributed by atoms with van der Waals surface area (Å²) < 4.78 is 0. The highest BCUT2D eigenvalue weighted by molar-refractivity contribution is 6.00. The number of aliphatic carboxylic acids is 1. The van der Waals surface area contributed by atoms with E-state index in [4.69, 9.17) is 17.2 Å². The van der Waals surface area contributed by atoms with Crippen molar-refractivity contribution < 1.29 is 82.8 Å². The first-order valence-corrected chi connectivity index (χ1v) is 27.1. The number of carbonyl (C=O) groups excluding carboxylic acids is 12. The van der Waals surface area contributed by atoms with E-state index in [0.29, 0.717) is 17.5 Å². The Labute approximate surface area is 484 Å². The number of carboxylic acid groups (broad SMARTS) is 1. The van der Waals surface area contributed by atoms with E-state index in [9.17, 15) is 82.8 Å². The number of hydrogen-bond donors (Lipinski definition) is 16. The maximum Gasteiger partial charge on any atom is 0.303 e. The molecular weight excluding hydrogens is 1100 g/mol. The van der Waals surface area contributed by atoms with Gasteiger partial charge in [-0.2, -0.15) is 0 Å². The molecule has 2 aromatic rings. The van der Waals surface area contributed by atoms with E-state index in [2.05, 4.69) is 47.9 Å². The summed E-state index contributed by atoms with van der Waals surface area (Å²) in [5.41, 5.74) is 18.4. The van der Waals surface area contributed by atoms with Crippen molar-refractivity contribution in [2.45, 2.75) is 153 Å².